The highest BCUT2D eigenvalue weighted by atomic mass is 32.2. The van der Waals surface area contributed by atoms with Gasteiger partial charge in [0, 0.05) is 11.8 Å². The van der Waals surface area contributed by atoms with E-state index in [1.165, 1.54) is 11.3 Å². The molecule has 1 aromatic carbocycles. The minimum atomic E-state index is 0.445. The molecule has 1 aromatic rings. The minimum Gasteiger partial charge on any atom is -0.494 e. The van der Waals surface area contributed by atoms with Crippen molar-refractivity contribution in [2.45, 2.75) is 33.2 Å². The second-order valence-corrected chi connectivity index (χ2v) is 5.51. The van der Waals surface area contributed by atoms with Crippen LogP contribution >= 0.6 is 11.8 Å². The lowest BCUT2D eigenvalue weighted by atomic mass is 10.1. The second-order valence-electron chi connectivity index (χ2n) is 4.19. The molecule has 0 heterocycles. The summed E-state index contributed by atoms with van der Waals surface area (Å²) in [5, 5.41) is 3.53. The summed E-state index contributed by atoms with van der Waals surface area (Å²) in [7, 11) is 0. The Morgan fingerprint density at radius 3 is 2.44 bits per heavy atom. The number of thioether (sulfide) groups is 1. The largest absolute Gasteiger partial charge is 0.494 e. The molecule has 0 aromatic heterocycles. The van der Waals surface area contributed by atoms with E-state index in [1.54, 1.807) is 0 Å². The van der Waals surface area contributed by atoms with Crippen molar-refractivity contribution < 1.29 is 4.74 Å². The average Bonchev–Trinajstić information content (AvgIpc) is 2.42. The van der Waals surface area contributed by atoms with Crippen molar-refractivity contribution in [3.63, 3.8) is 0 Å². The molecule has 0 spiro atoms. The molecule has 0 aliphatic carbocycles. The third-order valence-corrected chi connectivity index (χ3v) is 3.67. The first-order valence-electron chi connectivity index (χ1n) is 6.85. The summed E-state index contributed by atoms with van der Waals surface area (Å²) in [6, 6.07) is 8.95. The van der Waals surface area contributed by atoms with Gasteiger partial charge in [-0.1, -0.05) is 32.9 Å². The summed E-state index contributed by atoms with van der Waals surface area (Å²) in [6.45, 7) is 8.28. The van der Waals surface area contributed by atoms with Gasteiger partial charge in [-0.15, -0.1) is 0 Å². The molecule has 0 bridgehead atoms. The number of benzene rings is 1. The van der Waals surface area contributed by atoms with E-state index in [0.717, 1.165) is 31.1 Å². The second kappa shape index (κ2) is 9.29. The fourth-order valence-electron chi connectivity index (χ4n) is 1.77. The Hall–Kier alpha value is -0.670. The summed E-state index contributed by atoms with van der Waals surface area (Å²) in [5.74, 6) is 3.26. The maximum atomic E-state index is 5.61. The van der Waals surface area contributed by atoms with E-state index in [2.05, 4.69) is 50.4 Å². The Bertz CT molecular complexity index is 313. The molecule has 18 heavy (non-hydrogen) atoms. The van der Waals surface area contributed by atoms with Gasteiger partial charge in [-0.25, -0.2) is 0 Å². The van der Waals surface area contributed by atoms with E-state index in [4.69, 9.17) is 4.74 Å². The lowest BCUT2D eigenvalue weighted by Crippen LogP contribution is -2.23. The zero-order valence-corrected chi connectivity index (χ0v) is 12.6. The molecule has 0 amide bonds. The van der Waals surface area contributed by atoms with Crippen LogP contribution in [0.1, 0.15) is 38.8 Å². The summed E-state index contributed by atoms with van der Waals surface area (Å²) >= 11 is 1.98. The molecule has 0 saturated carbocycles. The van der Waals surface area contributed by atoms with E-state index in [0.29, 0.717) is 6.04 Å². The van der Waals surface area contributed by atoms with Crippen LogP contribution in [0.5, 0.6) is 5.75 Å². The predicted octanol–water partition coefficient (Wildman–Crippen LogP) is 3.88. The Balaban J connectivity index is 2.61. The first-order chi connectivity index (χ1) is 8.81. The van der Waals surface area contributed by atoms with Gasteiger partial charge in [0.05, 0.1) is 6.61 Å². The van der Waals surface area contributed by atoms with Gasteiger partial charge in [-0.05, 0) is 36.4 Å². The van der Waals surface area contributed by atoms with Gasteiger partial charge in [0.1, 0.15) is 5.75 Å². The SMILES string of the molecule is CCCOc1ccc(C(CSCC)NCC)cc1. The Kier molecular flexibility index (Phi) is 7.94. The molecular formula is C15H25NOS. The fraction of sp³-hybridized carbons (Fsp3) is 0.600. The van der Waals surface area contributed by atoms with Crippen molar-refractivity contribution in [2.75, 3.05) is 24.7 Å². The summed E-state index contributed by atoms with van der Waals surface area (Å²) in [5.41, 5.74) is 1.35. The van der Waals surface area contributed by atoms with Crippen molar-refractivity contribution >= 4 is 11.8 Å². The van der Waals surface area contributed by atoms with Crippen LogP contribution in [-0.4, -0.2) is 24.7 Å². The lowest BCUT2D eigenvalue weighted by Gasteiger charge is -2.18. The number of hydrogen-bond donors (Lipinski definition) is 1. The van der Waals surface area contributed by atoms with Crippen molar-refractivity contribution in [2.24, 2.45) is 0 Å². The molecule has 0 aliphatic heterocycles. The van der Waals surface area contributed by atoms with E-state index >= 15 is 0 Å². The first-order valence-corrected chi connectivity index (χ1v) is 8.01. The van der Waals surface area contributed by atoms with Crippen molar-refractivity contribution in [3.05, 3.63) is 29.8 Å². The van der Waals surface area contributed by atoms with Crippen LogP contribution in [0.4, 0.5) is 0 Å². The molecule has 1 unspecified atom stereocenters. The van der Waals surface area contributed by atoms with Crippen LogP contribution in [0.15, 0.2) is 24.3 Å². The van der Waals surface area contributed by atoms with Gasteiger partial charge in [0.2, 0.25) is 0 Å². The molecule has 1 rings (SSSR count). The van der Waals surface area contributed by atoms with Gasteiger partial charge in [0.15, 0.2) is 0 Å². The van der Waals surface area contributed by atoms with Gasteiger partial charge in [0.25, 0.3) is 0 Å². The summed E-state index contributed by atoms with van der Waals surface area (Å²) in [4.78, 5) is 0. The lowest BCUT2D eigenvalue weighted by molar-refractivity contribution is 0.317. The van der Waals surface area contributed by atoms with Crippen LogP contribution in [0.2, 0.25) is 0 Å². The predicted molar refractivity (Wildman–Crippen MR) is 81.6 cm³/mol. The molecule has 0 aliphatic rings. The van der Waals surface area contributed by atoms with Crippen LogP contribution < -0.4 is 10.1 Å². The molecule has 1 N–H and O–H groups in total. The van der Waals surface area contributed by atoms with Gasteiger partial charge in [-0.2, -0.15) is 11.8 Å². The number of rotatable bonds is 9. The minimum absolute atomic E-state index is 0.445. The third-order valence-electron chi connectivity index (χ3n) is 2.69. The standard InChI is InChI=1S/C15H25NOS/c1-4-11-17-14-9-7-13(8-10-14)15(16-5-2)12-18-6-3/h7-10,15-16H,4-6,11-12H2,1-3H3. The van der Waals surface area contributed by atoms with Crippen molar-refractivity contribution in [3.8, 4) is 5.75 Å². The number of ether oxygens (including phenoxy) is 1. The highest BCUT2D eigenvalue weighted by Gasteiger charge is 2.09. The van der Waals surface area contributed by atoms with Crippen molar-refractivity contribution in [1.82, 2.24) is 5.32 Å². The highest BCUT2D eigenvalue weighted by molar-refractivity contribution is 7.99. The topological polar surface area (TPSA) is 21.3 Å². The highest BCUT2D eigenvalue weighted by Crippen LogP contribution is 2.21. The molecule has 3 heteroatoms. The van der Waals surface area contributed by atoms with Crippen LogP contribution in [0.25, 0.3) is 0 Å². The normalized spacial score (nSPS) is 12.4. The zero-order valence-electron chi connectivity index (χ0n) is 11.7. The molecule has 0 saturated heterocycles. The monoisotopic (exact) mass is 267 g/mol. The quantitative estimate of drug-likeness (QED) is 0.733. The molecule has 1 atom stereocenters. The Labute approximate surface area is 116 Å². The molecule has 2 nitrogen and oxygen atoms in total. The van der Waals surface area contributed by atoms with E-state index in [9.17, 15) is 0 Å². The average molecular weight is 267 g/mol. The Morgan fingerprint density at radius 1 is 1.17 bits per heavy atom. The smallest absolute Gasteiger partial charge is 0.119 e. The summed E-state index contributed by atoms with van der Waals surface area (Å²) in [6.07, 6.45) is 1.05. The van der Waals surface area contributed by atoms with Crippen LogP contribution in [0, 0.1) is 0 Å². The van der Waals surface area contributed by atoms with Gasteiger partial charge >= 0.3 is 0 Å². The fourth-order valence-corrected chi connectivity index (χ4v) is 2.55. The van der Waals surface area contributed by atoms with Crippen LogP contribution in [-0.2, 0) is 0 Å². The summed E-state index contributed by atoms with van der Waals surface area (Å²) < 4.78 is 5.61. The zero-order chi connectivity index (χ0) is 13.2. The molecular weight excluding hydrogens is 242 g/mol. The molecule has 0 fully saturated rings. The maximum absolute atomic E-state index is 5.61. The van der Waals surface area contributed by atoms with Gasteiger partial charge < -0.3 is 10.1 Å². The van der Waals surface area contributed by atoms with E-state index < -0.39 is 0 Å². The number of nitrogens with one attached hydrogen (secondary N) is 1. The van der Waals surface area contributed by atoms with E-state index in [1.807, 2.05) is 11.8 Å². The van der Waals surface area contributed by atoms with Gasteiger partial charge in [-0.3, -0.25) is 0 Å². The maximum Gasteiger partial charge on any atom is 0.119 e. The first kappa shape index (κ1) is 15.4. The molecule has 102 valence electrons. The Morgan fingerprint density at radius 2 is 1.89 bits per heavy atom. The van der Waals surface area contributed by atoms with E-state index in [-0.39, 0.29) is 0 Å². The molecule has 0 radical (unpaired) electrons. The number of hydrogen-bond acceptors (Lipinski definition) is 3. The van der Waals surface area contributed by atoms with Crippen LogP contribution in [0.3, 0.4) is 0 Å². The third kappa shape index (κ3) is 5.32. The van der Waals surface area contributed by atoms with Crippen molar-refractivity contribution in [1.29, 1.82) is 0 Å².